The first-order chi connectivity index (χ1) is 13.7. The van der Waals surface area contributed by atoms with Gasteiger partial charge in [0.25, 0.3) is 0 Å². The maximum absolute atomic E-state index is 13.1. The molecule has 29 heavy (non-hydrogen) atoms. The van der Waals surface area contributed by atoms with E-state index in [2.05, 4.69) is 0 Å². The smallest absolute Gasteiger partial charge is 0.339 e. The average Bonchev–Trinajstić information content (AvgIpc) is 2.67. The molecule has 1 amide bonds. The van der Waals surface area contributed by atoms with Crippen molar-refractivity contribution in [2.75, 3.05) is 13.7 Å². The summed E-state index contributed by atoms with van der Waals surface area (Å²) in [5, 5.41) is 0.370. The highest BCUT2D eigenvalue weighted by Crippen LogP contribution is 2.28. The number of halogens is 2. The molecule has 158 valence electrons. The fourth-order valence-corrected chi connectivity index (χ4v) is 3.78. The Kier molecular flexibility index (Phi) is 8.01. The molecular weight excluding hydrogens is 421 g/mol. The zero-order valence-electron chi connectivity index (χ0n) is 16.4. The summed E-state index contributed by atoms with van der Waals surface area (Å²) >= 11 is 6.09. The Balaban J connectivity index is 2.37. The molecule has 0 spiro atoms. The number of amides is 1. The topological polar surface area (TPSA) is 72.9 Å². The zero-order valence-corrected chi connectivity index (χ0v) is 18.0. The van der Waals surface area contributed by atoms with E-state index in [9.17, 15) is 17.6 Å². The lowest BCUT2D eigenvalue weighted by Crippen LogP contribution is -2.40. The van der Waals surface area contributed by atoms with Crippen LogP contribution in [0.15, 0.2) is 47.4 Å². The predicted octanol–water partition coefficient (Wildman–Crippen LogP) is 4.02. The Labute approximate surface area is 175 Å². The van der Waals surface area contributed by atoms with Crippen molar-refractivity contribution in [3.8, 4) is 5.75 Å². The van der Waals surface area contributed by atoms with Crippen molar-refractivity contribution in [1.82, 2.24) is 4.90 Å². The van der Waals surface area contributed by atoms with E-state index in [0.717, 1.165) is 24.3 Å². The molecular formula is C20H23ClFNO5S. The highest BCUT2D eigenvalue weighted by atomic mass is 35.5. The third kappa shape index (κ3) is 6.16. The number of carbonyl (C=O) groups is 1. The van der Waals surface area contributed by atoms with Gasteiger partial charge in [-0.2, -0.15) is 8.42 Å². The molecule has 0 aliphatic carbocycles. The van der Waals surface area contributed by atoms with E-state index in [1.54, 1.807) is 11.0 Å². The minimum atomic E-state index is -4.20. The first-order valence-electron chi connectivity index (χ1n) is 8.94. The molecule has 0 saturated carbocycles. The van der Waals surface area contributed by atoms with Crippen molar-refractivity contribution in [3.05, 3.63) is 58.9 Å². The summed E-state index contributed by atoms with van der Waals surface area (Å²) in [6, 6.07) is 8.66. The van der Waals surface area contributed by atoms with Crippen molar-refractivity contribution < 1.29 is 26.5 Å². The highest BCUT2D eigenvalue weighted by Gasteiger charge is 2.23. The third-order valence-corrected chi connectivity index (χ3v) is 5.86. The molecule has 0 heterocycles. The van der Waals surface area contributed by atoms with Crippen molar-refractivity contribution in [2.45, 2.75) is 37.8 Å². The molecule has 2 aromatic carbocycles. The van der Waals surface area contributed by atoms with Gasteiger partial charge in [0, 0.05) is 30.3 Å². The van der Waals surface area contributed by atoms with Crippen LogP contribution in [0.5, 0.6) is 5.75 Å². The van der Waals surface area contributed by atoms with Crippen molar-refractivity contribution in [1.29, 1.82) is 0 Å². The molecule has 0 bridgehead atoms. The number of hydrogen-bond donors (Lipinski definition) is 0. The van der Waals surface area contributed by atoms with Crippen molar-refractivity contribution in [2.24, 2.45) is 0 Å². The van der Waals surface area contributed by atoms with E-state index in [-0.39, 0.29) is 35.7 Å². The van der Waals surface area contributed by atoms with Crippen LogP contribution in [0.3, 0.4) is 0 Å². The first-order valence-corrected chi connectivity index (χ1v) is 10.7. The third-order valence-electron chi connectivity index (χ3n) is 4.38. The van der Waals surface area contributed by atoms with E-state index >= 15 is 0 Å². The summed E-state index contributed by atoms with van der Waals surface area (Å²) in [7, 11) is -2.77. The van der Waals surface area contributed by atoms with Gasteiger partial charge in [-0.1, -0.05) is 18.5 Å². The van der Waals surface area contributed by atoms with Crippen LogP contribution in [0.1, 0.15) is 25.8 Å². The first kappa shape index (κ1) is 23.1. The number of hydrogen-bond acceptors (Lipinski definition) is 5. The summed E-state index contributed by atoms with van der Waals surface area (Å²) in [6.07, 6.45) is 0.695. The van der Waals surface area contributed by atoms with E-state index in [0.29, 0.717) is 17.0 Å². The molecule has 0 aliphatic rings. The minimum absolute atomic E-state index is 0.0391. The van der Waals surface area contributed by atoms with Gasteiger partial charge in [0.1, 0.15) is 23.1 Å². The average molecular weight is 444 g/mol. The standard InChI is InChI=1S/C20H23ClFNO5S/c1-4-14(2)23(20(24)13-27-3)12-15-11-16(21)5-10-19(15)28-29(25,26)18-8-6-17(22)7-9-18/h5-11,14H,4,12-13H2,1-3H3. The lowest BCUT2D eigenvalue weighted by molar-refractivity contribution is -0.138. The quantitative estimate of drug-likeness (QED) is 0.547. The van der Waals surface area contributed by atoms with Gasteiger partial charge in [-0.15, -0.1) is 0 Å². The normalized spacial score (nSPS) is 12.4. The summed E-state index contributed by atoms with van der Waals surface area (Å²) in [5.41, 5.74) is 0.424. The largest absolute Gasteiger partial charge is 0.379 e. The summed E-state index contributed by atoms with van der Waals surface area (Å²) < 4.78 is 48.5. The van der Waals surface area contributed by atoms with E-state index in [1.807, 2.05) is 13.8 Å². The van der Waals surface area contributed by atoms with Crippen LogP contribution < -0.4 is 4.18 Å². The lowest BCUT2D eigenvalue weighted by atomic mass is 10.1. The van der Waals surface area contributed by atoms with Crippen LogP contribution >= 0.6 is 11.6 Å². The monoisotopic (exact) mass is 443 g/mol. The number of benzene rings is 2. The predicted molar refractivity (Wildman–Crippen MR) is 108 cm³/mol. The van der Waals surface area contributed by atoms with Crippen LogP contribution in [-0.2, 0) is 26.2 Å². The van der Waals surface area contributed by atoms with Gasteiger partial charge in [-0.25, -0.2) is 4.39 Å². The van der Waals surface area contributed by atoms with Crippen molar-refractivity contribution >= 4 is 27.6 Å². The molecule has 2 rings (SSSR count). The fraction of sp³-hybridized carbons (Fsp3) is 0.350. The number of rotatable bonds is 9. The SMILES string of the molecule is CCC(C)N(Cc1cc(Cl)ccc1OS(=O)(=O)c1ccc(F)cc1)C(=O)COC. The molecule has 9 heteroatoms. The second kappa shape index (κ2) is 10.0. The second-order valence-electron chi connectivity index (χ2n) is 6.46. The highest BCUT2D eigenvalue weighted by molar-refractivity contribution is 7.87. The molecule has 6 nitrogen and oxygen atoms in total. The minimum Gasteiger partial charge on any atom is -0.379 e. The summed E-state index contributed by atoms with van der Waals surface area (Å²) in [5.74, 6) is -0.761. The molecule has 0 fully saturated rings. The molecule has 1 atom stereocenters. The van der Waals surface area contributed by atoms with Gasteiger partial charge in [-0.3, -0.25) is 4.79 Å². The fourth-order valence-electron chi connectivity index (χ4n) is 2.62. The van der Waals surface area contributed by atoms with Crippen LogP contribution in [0, 0.1) is 5.82 Å². The molecule has 0 N–H and O–H groups in total. The Morgan fingerprint density at radius 2 is 1.86 bits per heavy atom. The van der Waals surface area contributed by atoms with Gasteiger partial charge in [0.15, 0.2) is 0 Å². The maximum atomic E-state index is 13.1. The van der Waals surface area contributed by atoms with Crippen LogP contribution in [0.25, 0.3) is 0 Å². The molecule has 0 aliphatic heterocycles. The molecule has 0 radical (unpaired) electrons. The molecule has 1 unspecified atom stereocenters. The summed E-state index contributed by atoms with van der Waals surface area (Å²) in [6.45, 7) is 3.81. The maximum Gasteiger partial charge on any atom is 0.339 e. The lowest BCUT2D eigenvalue weighted by Gasteiger charge is -2.29. The molecule has 2 aromatic rings. The van der Waals surface area contributed by atoms with E-state index < -0.39 is 15.9 Å². The van der Waals surface area contributed by atoms with Crippen LogP contribution in [-0.4, -0.2) is 39.0 Å². The van der Waals surface area contributed by atoms with E-state index in [4.69, 9.17) is 20.5 Å². The van der Waals surface area contributed by atoms with Gasteiger partial charge >= 0.3 is 10.1 Å². The van der Waals surface area contributed by atoms with E-state index in [1.165, 1.54) is 19.2 Å². The number of nitrogens with zero attached hydrogens (tertiary/aromatic N) is 1. The Hall–Kier alpha value is -2.16. The number of ether oxygens (including phenoxy) is 1. The van der Waals surface area contributed by atoms with Crippen LogP contribution in [0.4, 0.5) is 4.39 Å². The Morgan fingerprint density at radius 3 is 2.45 bits per heavy atom. The van der Waals surface area contributed by atoms with Gasteiger partial charge in [-0.05, 0) is 55.8 Å². The Morgan fingerprint density at radius 1 is 1.21 bits per heavy atom. The van der Waals surface area contributed by atoms with Gasteiger partial charge in [0.2, 0.25) is 5.91 Å². The molecule has 0 saturated heterocycles. The number of carbonyl (C=O) groups excluding carboxylic acids is 1. The van der Waals surface area contributed by atoms with Gasteiger partial charge in [0.05, 0.1) is 0 Å². The second-order valence-corrected chi connectivity index (χ2v) is 8.44. The summed E-state index contributed by atoms with van der Waals surface area (Å²) in [4.78, 5) is 13.8. The van der Waals surface area contributed by atoms with Crippen LogP contribution in [0.2, 0.25) is 5.02 Å². The number of methoxy groups -OCH3 is 1. The Bertz CT molecular complexity index is 950. The van der Waals surface area contributed by atoms with Gasteiger partial charge < -0.3 is 13.8 Å². The van der Waals surface area contributed by atoms with Crippen molar-refractivity contribution in [3.63, 3.8) is 0 Å². The molecule has 0 aromatic heterocycles. The zero-order chi connectivity index (χ0) is 21.6.